The highest BCUT2D eigenvalue weighted by molar-refractivity contribution is 5.93. The quantitative estimate of drug-likeness (QED) is 0.106. The molecule has 5 aromatic rings. The van der Waals surface area contributed by atoms with Crippen molar-refractivity contribution in [3.63, 3.8) is 0 Å². The van der Waals surface area contributed by atoms with Gasteiger partial charge in [-0.1, -0.05) is 103 Å². The molecule has 1 aliphatic heterocycles. The molecule has 0 unspecified atom stereocenters. The lowest BCUT2D eigenvalue weighted by Gasteiger charge is -2.43. The minimum absolute atomic E-state index is 0.0685. The molecule has 0 radical (unpaired) electrons. The molecule has 272 valence electrons. The third-order valence-corrected chi connectivity index (χ3v) is 8.30. The summed E-state index contributed by atoms with van der Waals surface area (Å²) in [5.74, 6) is -0.609. The summed E-state index contributed by atoms with van der Waals surface area (Å²) < 4.78 is 42.6. The molecule has 1 aliphatic rings. The molecule has 13 heteroatoms. The van der Waals surface area contributed by atoms with Crippen molar-refractivity contribution in [1.29, 1.82) is 0 Å². The van der Waals surface area contributed by atoms with Gasteiger partial charge >= 0.3 is 18.3 Å². The first-order valence-electron chi connectivity index (χ1n) is 16.6. The fourth-order valence-electron chi connectivity index (χ4n) is 5.90. The number of ether oxygens (including phenoxy) is 5. The second kappa shape index (κ2) is 17.3. The lowest BCUT2D eigenvalue weighted by atomic mass is 9.98. The Labute approximate surface area is 304 Å². The number of nitrogens with one attached hydrogen (secondary N) is 3. The van der Waals surface area contributed by atoms with Gasteiger partial charge in [0.15, 0.2) is 24.6 Å². The fourth-order valence-corrected chi connectivity index (χ4v) is 5.90. The molecule has 5 atom stereocenters. The minimum atomic E-state index is -1.61. The van der Waals surface area contributed by atoms with Crippen LogP contribution in [0.15, 0.2) is 133 Å². The van der Waals surface area contributed by atoms with Crippen LogP contribution in [0.1, 0.15) is 0 Å². The maximum Gasteiger partial charge on any atom is 0.412 e. The molecular formula is C40H36FN3O9. The molecule has 0 aliphatic carbocycles. The van der Waals surface area contributed by atoms with E-state index in [4.69, 9.17) is 23.7 Å². The number of aliphatic hydroxyl groups excluding tert-OH is 1. The predicted molar refractivity (Wildman–Crippen MR) is 195 cm³/mol. The summed E-state index contributed by atoms with van der Waals surface area (Å²) in [5, 5.41) is 18.2. The van der Waals surface area contributed by atoms with Crippen LogP contribution in [0.3, 0.4) is 0 Å². The Kier molecular flexibility index (Phi) is 11.9. The van der Waals surface area contributed by atoms with Gasteiger partial charge in [-0.15, -0.1) is 0 Å². The molecule has 12 nitrogen and oxygen atoms in total. The Balaban J connectivity index is 1.29. The molecular weight excluding hydrogens is 685 g/mol. The Bertz CT molecular complexity index is 2020. The molecule has 0 spiro atoms. The highest BCUT2D eigenvalue weighted by Gasteiger charge is 2.53. The van der Waals surface area contributed by atoms with Crippen LogP contribution < -0.4 is 16.0 Å². The number of anilines is 3. The number of amides is 3. The summed E-state index contributed by atoms with van der Waals surface area (Å²) in [4.78, 5) is 40.5. The summed E-state index contributed by atoms with van der Waals surface area (Å²) in [6.07, 6.45) is -10.5. The van der Waals surface area contributed by atoms with Crippen LogP contribution in [0.2, 0.25) is 0 Å². The van der Waals surface area contributed by atoms with Crippen LogP contribution in [-0.2, 0) is 23.7 Å². The smallest absolute Gasteiger partial charge is 0.412 e. The van der Waals surface area contributed by atoms with E-state index in [1.165, 1.54) is 25.3 Å². The molecule has 6 rings (SSSR count). The van der Waals surface area contributed by atoms with Crippen LogP contribution in [0.4, 0.5) is 35.8 Å². The lowest BCUT2D eigenvalue weighted by molar-refractivity contribution is -0.290. The molecule has 0 saturated carbocycles. The Morgan fingerprint density at radius 3 is 1.64 bits per heavy atom. The van der Waals surface area contributed by atoms with Gasteiger partial charge in [-0.05, 0) is 41.5 Å². The normalized spacial score (nSPS) is 19.3. The topological polar surface area (TPSA) is 154 Å². The van der Waals surface area contributed by atoms with Crippen molar-refractivity contribution in [1.82, 2.24) is 0 Å². The Morgan fingerprint density at radius 2 is 1.11 bits per heavy atom. The van der Waals surface area contributed by atoms with E-state index in [9.17, 15) is 23.9 Å². The Hall–Kier alpha value is -6.28. The van der Waals surface area contributed by atoms with Crippen LogP contribution in [0.5, 0.6) is 0 Å². The van der Waals surface area contributed by atoms with Crippen molar-refractivity contribution >= 4 is 35.3 Å². The lowest BCUT2D eigenvalue weighted by Crippen LogP contribution is -2.63. The number of hydrogen-bond donors (Lipinski definition) is 4. The third-order valence-electron chi connectivity index (χ3n) is 8.30. The number of halogens is 1. The second-order valence-electron chi connectivity index (χ2n) is 11.8. The largest absolute Gasteiger partial charge is 0.439 e. The van der Waals surface area contributed by atoms with E-state index < -0.39 is 61.4 Å². The zero-order valence-corrected chi connectivity index (χ0v) is 28.4. The predicted octanol–water partition coefficient (Wildman–Crippen LogP) is 7.68. The van der Waals surface area contributed by atoms with Crippen molar-refractivity contribution in [2.75, 3.05) is 29.7 Å². The van der Waals surface area contributed by atoms with E-state index in [2.05, 4.69) is 16.0 Å². The number of rotatable bonds is 10. The van der Waals surface area contributed by atoms with Crippen molar-refractivity contribution in [3.05, 3.63) is 139 Å². The van der Waals surface area contributed by atoms with E-state index in [1.54, 1.807) is 24.3 Å². The fraction of sp³-hybridized carbons (Fsp3) is 0.175. The second-order valence-corrected chi connectivity index (χ2v) is 11.8. The SMILES string of the molecule is CO[C@H]1O[C@H](CO)[C@@H](OC(=O)Nc2cccc(F)c2)[C@H](OC(=O)Nc2ccccc2-c2ccccc2)[C@H]1OC(=O)Nc1ccccc1-c1ccccc1. The van der Waals surface area contributed by atoms with E-state index in [0.29, 0.717) is 22.5 Å². The molecule has 53 heavy (non-hydrogen) atoms. The van der Waals surface area contributed by atoms with Crippen LogP contribution in [0.25, 0.3) is 22.3 Å². The summed E-state index contributed by atoms with van der Waals surface area (Å²) in [6, 6.07) is 37.9. The van der Waals surface area contributed by atoms with Gasteiger partial charge in [0.25, 0.3) is 0 Å². The molecule has 0 bridgehead atoms. The van der Waals surface area contributed by atoms with E-state index in [1.807, 2.05) is 84.9 Å². The molecule has 3 amide bonds. The summed E-state index contributed by atoms with van der Waals surface area (Å²) in [5.41, 5.74) is 3.91. The van der Waals surface area contributed by atoms with Crippen molar-refractivity contribution in [3.8, 4) is 22.3 Å². The average molecular weight is 722 g/mol. The zero-order valence-electron chi connectivity index (χ0n) is 28.4. The van der Waals surface area contributed by atoms with E-state index >= 15 is 0 Å². The van der Waals surface area contributed by atoms with Crippen molar-refractivity contribution in [2.24, 2.45) is 0 Å². The van der Waals surface area contributed by atoms with E-state index in [-0.39, 0.29) is 5.69 Å². The number of carbonyl (C=O) groups excluding carboxylic acids is 3. The maximum absolute atomic E-state index is 13.9. The first-order valence-corrected chi connectivity index (χ1v) is 16.6. The summed E-state index contributed by atoms with van der Waals surface area (Å²) in [7, 11) is 1.27. The Morgan fingerprint density at radius 1 is 0.623 bits per heavy atom. The van der Waals surface area contributed by atoms with Crippen molar-refractivity contribution < 1.29 is 47.6 Å². The first-order chi connectivity index (χ1) is 25.8. The molecule has 1 fully saturated rings. The zero-order chi connectivity index (χ0) is 37.2. The molecule has 1 heterocycles. The number of carbonyl (C=O) groups is 3. The minimum Gasteiger partial charge on any atom is -0.439 e. The summed E-state index contributed by atoms with van der Waals surface area (Å²) in [6.45, 7) is -0.723. The van der Waals surface area contributed by atoms with Gasteiger partial charge in [-0.2, -0.15) is 0 Å². The van der Waals surface area contributed by atoms with Gasteiger partial charge in [0.05, 0.1) is 18.0 Å². The van der Waals surface area contributed by atoms with Gasteiger partial charge in [0.2, 0.25) is 0 Å². The molecule has 0 aromatic heterocycles. The standard InChI is InChI=1S/C40H36FN3O9/c1-49-37-36(53-40(48)44-32-22-11-9-20-30(32)26-15-6-3-7-16-26)35(34(33(24-45)50-37)51-38(46)42-28-18-12-17-27(41)23-28)52-39(47)43-31-21-10-8-19-29(31)25-13-4-2-5-14-25/h2-23,33-37,45H,24H2,1H3,(H,42,46)(H,43,47)(H,44,48)/t33-,34-,35+,36-,37+/m1/s1. The average Bonchev–Trinajstić information content (AvgIpc) is 3.17. The van der Waals surface area contributed by atoms with Gasteiger partial charge in [0, 0.05) is 23.9 Å². The highest BCUT2D eigenvalue weighted by Crippen LogP contribution is 2.33. The maximum atomic E-state index is 13.9. The monoisotopic (exact) mass is 721 g/mol. The molecule has 1 saturated heterocycles. The van der Waals surface area contributed by atoms with Crippen LogP contribution >= 0.6 is 0 Å². The number of benzene rings is 5. The van der Waals surface area contributed by atoms with E-state index in [0.717, 1.165) is 17.2 Å². The molecule has 5 aromatic carbocycles. The number of hydrogen-bond acceptors (Lipinski definition) is 9. The number of para-hydroxylation sites is 2. The number of aliphatic hydroxyl groups is 1. The third kappa shape index (κ3) is 9.15. The molecule has 4 N–H and O–H groups in total. The highest BCUT2D eigenvalue weighted by atomic mass is 19.1. The van der Waals surface area contributed by atoms with Crippen molar-refractivity contribution in [2.45, 2.75) is 30.7 Å². The van der Waals surface area contributed by atoms with Gasteiger partial charge in [-0.25, -0.2) is 18.8 Å². The first kappa shape index (κ1) is 36.5. The van der Waals surface area contributed by atoms with Gasteiger partial charge in [-0.3, -0.25) is 16.0 Å². The van der Waals surface area contributed by atoms with Gasteiger partial charge < -0.3 is 28.8 Å². The summed E-state index contributed by atoms with van der Waals surface area (Å²) >= 11 is 0. The number of methoxy groups -OCH3 is 1. The van der Waals surface area contributed by atoms with Gasteiger partial charge in [0.1, 0.15) is 11.9 Å². The van der Waals surface area contributed by atoms with Crippen LogP contribution in [0, 0.1) is 5.82 Å². The van der Waals surface area contributed by atoms with Crippen LogP contribution in [-0.4, -0.2) is 67.8 Å².